The van der Waals surface area contributed by atoms with Crippen molar-refractivity contribution in [2.75, 3.05) is 11.4 Å². The number of rotatable bonds is 4. The Labute approximate surface area is 127 Å². The molecule has 0 heterocycles. The van der Waals surface area contributed by atoms with Crippen molar-refractivity contribution in [3.05, 3.63) is 63.7 Å². The summed E-state index contributed by atoms with van der Waals surface area (Å²) in [5.74, 6) is 0. The molecule has 106 valence electrons. The fraction of sp³-hybridized carbons (Fsp3) is 0.333. The maximum atomic E-state index is 6.11. The summed E-state index contributed by atoms with van der Waals surface area (Å²) in [6.45, 7) is 10.5. The van der Waals surface area contributed by atoms with Crippen molar-refractivity contribution in [1.82, 2.24) is 0 Å². The Hall–Kier alpha value is -1.47. The molecule has 0 bridgehead atoms. The van der Waals surface area contributed by atoms with Crippen LogP contribution in [-0.2, 0) is 6.54 Å². The number of anilines is 1. The van der Waals surface area contributed by atoms with Gasteiger partial charge in [-0.15, -0.1) is 0 Å². The van der Waals surface area contributed by atoms with Gasteiger partial charge in [0.15, 0.2) is 0 Å². The summed E-state index contributed by atoms with van der Waals surface area (Å²) >= 11 is 6.11. The van der Waals surface area contributed by atoms with E-state index >= 15 is 0 Å². The summed E-state index contributed by atoms with van der Waals surface area (Å²) in [6.07, 6.45) is 0. The molecule has 2 heteroatoms. The van der Waals surface area contributed by atoms with Crippen LogP contribution in [0.2, 0.25) is 5.02 Å². The van der Waals surface area contributed by atoms with Gasteiger partial charge in [0.1, 0.15) is 0 Å². The number of aryl methyl sites for hydroxylation is 3. The summed E-state index contributed by atoms with van der Waals surface area (Å²) in [5, 5.41) is 0.830. The third-order valence-corrected chi connectivity index (χ3v) is 4.26. The number of nitrogens with zero attached hydrogens (tertiary/aromatic N) is 1. The van der Waals surface area contributed by atoms with Gasteiger partial charge < -0.3 is 4.90 Å². The second-order valence-electron chi connectivity index (χ2n) is 5.37. The van der Waals surface area contributed by atoms with E-state index in [-0.39, 0.29) is 0 Å². The van der Waals surface area contributed by atoms with Crippen LogP contribution < -0.4 is 4.90 Å². The van der Waals surface area contributed by atoms with Crippen LogP contribution in [0.25, 0.3) is 0 Å². The first kappa shape index (κ1) is 14.9. The molecule has 0 saturated carbocycles. The monoisotopic (exact) mass is 287 g/mol. The number of hydrogen-bond acceptors (Lipinski definition) is 1. The molecule has 0 spiro atoms. The molecule has 0 N–H and O–H groups in total. The van der Waals surface area contributed by atoms with Crippen LogP contribution in [0.3, 0.4) is 0 Å². The van der Waals surface area contributed by atoms with Crippen molar-refractivity contribution < 1.29 is 0 Å². The first-order valence-corrected chi connectivity index (χ1v) is 7.46. The van der Waals surface area contributed by atoms with E-state index in [0.29, 0.717) is 0 Å². The van der Waals surface area contributed by atoms with E-state index in [1.165, 1.54) is 22.4 Å². The van der Waals surface area contributed by atoms with E-state index < -0.39 is 0 Å². The highest BCUT2D eigenvalue weighted by molar-refractivity contribution is 6.31. The Balaban J connectivity index is 2.23. The summed E-state index contributed by atoms with van der Waals surface area (Å²) in [6, 6.07) is 12.9. The average Bonchev–Trinajstić information content (AvgIpc) is 2.43. The highest BCUT2D eigenvalue weighted by atomic mass is 35.5. The van der Waals surface area contributed by atoms with Gasteiger partial charge in [-0.05, 0) is 68.1 Å². The Morgan fingerprint density at radius 2 is 1.65 bits per heavy atom. The zero-order valence-corrected chi connectivity index (χ0v) is 13.5. The normalized spacial score (nSPS) is 10.7. The molecule has 0 aromatic heterocycles. The zero-order chi connectivity index (χ0) is 14.7. The van der Waals surface area contributed by atoms with Gasteiger partial charge in [-0.3, -0.25) is 0 Å². The molecule has 1 nitrogen and oxygen atoms in total. The van der Waals surface area contributed by atoms with Crippen LogP contribution in [-0.4, -0.2) is 6.54 Å². The predicted molar refractivity (Wildman–Crippen MR) is 88.8 cm³/mol. The van der Waals surface area contributed by atoms with Crippen molar-refractivity contribution in [3.8, 4) is 0 Å². The second kappa shape index (κ2) is 6.32. The molecular weight excluding hydrogens is 266 g/mol. The maximum Gasteiger partial charge on any atom is 0.0436 e. The van der Waals surface area contributed by atoms with Crippen LogP contribution in [0.5, 0.6) is 0 Å². The fourth-order valence-corrected chi connectivity index (χ4v) is 2.45. The molecule has 0 amide bonds. The Morgan fingerprint density at radius 3 is 2.25 bits per heavy atom. The molecule has 0 unspecified atom stereocenters. The van der Waals surface area contributed by atoms with E-state index in [1.54, 1.807) is 0 Å². The maximum absolute atomic E-state index is 6.11. The summed E-state index contributed by atoms with van der Waals surface area (Å²) in [5.41, 5.74) is 6.41. The first-order chi connectivity index (χ1) is 9.51. The summed E-state index contributed by atoms with van der Waals surface area (Å²) < 4.78 is 0. The van der Waals surface area contributed by atoms with Crippen molar-refractivity contribution >= 4 is 17.3 Å². The van der Waals surface area contributed by atoms with Gasteiger partial charge in [-0.25, -0.2) is 0 Å². The molecular formula is C18H22ClN. The van der Waals surface area contributed by atoms with Crippen molar-refractivity contribution in [1.29, 1.82) is 0 Å². The lowest BCUT2D eigenvalue weighted by atomic mass is 10.1. The number of halogens is 1. The SMILES string of the molecule is CCN(Cc1ccc(C)c(C)c1)c1ccc(Cl)c(C)c1. The van der Waals surface area contributed by atoms with Crippen LogP contribution in [0.4, 0.5) is 5.69 Å². The van der Waals surface area contributed by atoms with Crippen molar-refractivity contribution in [2.24, 2.45) is 0 Å². The summed E-state index contributed by atoms with van der Waals surface area (Å²) in [7, 11) is 0. The Morgan fingerprint density at radius 1 is 0.900 bits per heavy atom. The van der Waals surface area contributed by atoms with E-state index in [2.05, 4.69) is 62.9 Å². The largest absolute Gasteiger partial charge is 0.367 e. The van der Waals surface area contributed by atoms with Crippen LogP contribution >= 0.6 is 11.6 Å². The summed E-state index contributed by atoms with van der Waals surface area (Å²) in [4.78, 5) is 2.37. The lowest BCUT2D eigenvalue weighted by Crippen LogP contribution is -2.22. The van der Waals surface area contributed by atoms with Crippen LogP contribution in [0.1, 0.15) is 29.2 Å². The predicted octanol–water partition coefficient (Wildman–Crippen LogP) is 5.29. The molecule has 0 aliphatic carbocycles. The van der Waals surface area contributed by atoms with Crippen molar-refractivity contribution in [3.63, 3.8) is 0 Å². The molecule has 2 rings (SSSR count). The molecule has 20 heavy (non-hydrogen) atoms. The Bertz CT molecular complexity index is 604. The van der Waals surface area contributed by atoms with Gasteiger partial charge in [0.05, 0.1) is 0 Å². The molecule has 0 saturated heterocycles. The van der Waals surface area contributed by atoms with E-state index in [1.807, 2.05) is 6.07 Å². The van der Waals surface area contributed by atoms with Gasteiger partial charge in [-0.1, -0.05) is 29.8 Å². The van der Waals surface area contributed by atoms with E-state index in [4.69, 9.17) is 11.6 Å². The molecule has 0 aliphatic rings. The van der Waals surface area contributed by atoms with Gasteiger partial charge in [-0.2, -0.15) is 0 Å². The lowest BCUT2D eigenvalue weighted by molar-refractivity contribution is 0.830. The van der Waals surface area contributed by atoms with Gasteiger partial charge in [0, 0.05) is 23.8 Å². The third kappa shape index (κ3) is 3.34. The van der Waals surface area contributed by atoms with Crippen molar-refractivity contribution in [2.45, 2.75) is 34.2 Å². The lowest BCUT2D eigenvalue weighted by Gasteiger charge is -2.24. The van der Waals surface area contributed by atoms with E-state index in [0.717, 1.165) is 23.7 Å². The molecule has 2 aromatic carbocycles. The number of benzene rings is 2. The molecule has 0 atom stereocenters. The standard InChI is InChI=1S/C18H22ClN/c1-5-20(17-8-9-18(19)15(4)11-17)12-16-7-6-13(2)14(3)10-16/h6-11H,5,12H2,1-4H3. The highest BCUT2D eigenvalue weighted by Crippen LogP contribution is 2.24. The minimum absolute atomic E-state index is 0.830. The van der Waals surface area contributed by atoms with Crippen LogP contribution in [0, 0.1) is 20.8 Å². The second-order valence-corrected chi connectivity index (χ2v) is 5.77. The third-order valence-electron chi connectivity index (χ3n) is 3.83. The zero-order valence-electron chi connectivity index (χ0n) is 12.7. The van der Waals surface area contributed by atoms with Crippen LogP contribution in [0.15, 0.2) is 36.4 Å². The smallest absolute Gasteiger partial charge is 0.0436 e. The average molecular weight is 288 g/mol. The number of hydrogen-bond donors (Lipinski definition) is 0. The highest BCUT2D eigenvalue weighted by Gasteiger charge is 2.07. The van der Waals surface area contributed by atoms with Gasteiger partial charge in [0.2, 0.25) is 0 Å². The fourth-order valence-electron chi connectivity index (χ4n) is 2.33. The topological polar surface area (TPSA) is 3.24 Å². The molecule has 0 radical (unpaired) electrons. The van der Waals surface area contributed by atoms with Gasteiger partial charge >= 0.3 is 0 Å². The molecule has 0 fully saturated rings. The Kier molecular flexibility index (Phi) is 4.72. The minimum Gasteiger partial charge on any atom is -0.367 e. The molecule has 0 aliphatic heterocycles. The van der Waals surface area contributed by atoms with E-state index in [9.17, 15) is 0 Å². The molecule has 2 aromatic rings. The minimum atomic E-state index is 0.830. The quantitative estimate of drug-likeness (QED) is 0.738. The first-order valence-electron chi connectivity index (χ1n) is 7.08. The van der Waals surface area contributed by atoms with Gasteiger partial charge in [0.25, 0.3) is 0 Å².